The van der Waals surface area contributed by atoms with Crippen LogP contribution < -0.4 is 15.2 Å². The van der Waals surface area contributed by atoms with Gasteiger partial charge in [-0.25, -0.2) is 4.79 Å². The highest BCUT2D eigenvalue weighted by atomic mass is 79.9. The highest BCUT2D eigenvalue weighted by Crippen LogP contribution is 2.25. The highest BCUT2D eigenvalue weighted by Gasteiger charge is 2.09. The molecule has 0 fully saturated rings. The predicted octanol–water partition coefficient (Wildman–Crippen LogP) is 2.70. The van der Waals surface area contributed by atoms with Gasteiger partial charge < -0.3 is 20.0 Å². The van der Waals surface area contributed by atoms with Gasteiger partial charge in [0.05, 0.1) is 7.11 Å². The van der Waals surface area contributed by atoms with Gasteiger partial charge in [0.1, 0.15) is 0 Å². The quantitative estimate of drug-likeness (QED) is 0.361. The number of oxime groups is 1. The first kappa shape index (κ1) is 16.8. The number of ether oxygens (including phenoxy) is 2. The van der Waals surface area contributed by atoms with Gasteiger partial charge in [-0.15, -0.1) is 0 Å². The molecular formula is C16H15BrN2O4. The van der Waals surface area contributed by atoms with Crippen molar-refractivity contribution in [2.24, 2.45) is 10.9 Å². The molecule has 0 radical (unpaired) electrons. The normalized spacial score (nSPS) is 11.0. The van der Waals surface area contributed by atoms with Crippen molar-refractivity contribution in [3.63, 3.8) is 0 Å². The molecule has 2 aromatic carbocycles. The Morgan fingerprint density at radius 1 is 1.17 bits per heavy atom. The van der Waals surface area contributed by atoms with Crippen molar-refractivity contribution in [1.29, 1.82) is 0 Å². The fourth-order valence-corrected chi connectivity index (χ4v) is 2.10. The van der Waals surface area contributed by atoms with E-state index in [9.17, 15) is 4.79 Å². The smallest absolute Gasteiger partial charge is 0.372 e. The molecule has 0 aliphatic rings. The fourth-order valence-electron chi connectivity index (χ4n) is 1.70. The van der Waals surface area contributed by atoms with E-state index in [1.807, 2.05) is 6.07 Å². The van der Waals surface area contributed by atoms with E-state index in [2.05, 4.69) is 21.1 Å². The van der Waals surface area contributed by atoms with Crippen molar-refractivity contribution in [2.75, 3.05) is 13.7 Å². The van der Waals surface area contributed by atoms with Gasteiger partial charge in [-0.05, 0) is 24.3 Å². The first-order valence-electron chi connectivity index (χ1n) is 6.65. The average Bonchev–Trinajstić information content (AvgIpc) is 2.58. The van der Waals surface area contributed by atoms with Crippen LogP contribution >= 0.6 is 15.9 Å². The highest BCUT2D eigenvalue weighted by molar-refractivity contribution is 9.10. The molecule has 0 bridgehead atoms. The van der Waals surface area contributed by atoms with Gasteiger partial charge in [0.25, 0.3) is 0 Å². The Labute approximate surface area is 142 Å². The van der Waals surface area contributed by atoms with Crippen LogP contribution in [0.5, 0.6) is 11.5 Å². The summed E-state index contributed by atoms with van der Waals surface area (Å²) in [7, 11) is 1.52. The monoisotopic (exact) mass is 378 g/mol. The van der Waals surface area contributed by atoms with Crippen LogP contribution in [0, 0.1) is 0 Å². The summed E-state index contributed by atoms with van der Waals surface area (Å²) in [6.45, 7) is -0.310. The van der Waals surface area contributed by atoms with Crippen molar-refractivity contribution < 1.29 is 19.1 Å². The average molecular weight is 379 g/mol. The molecule has 0 heterocycles. The number of hydrogen-bond acceptors (Lipinski definition) is 5. The van der Waals surface area contributed by atoms with Crippen LogP contribution in [-0.4, -0.2) is 25.5 Å². The molecule has 0 aliphatic heterocycles. The number of nitrogens with two attached hydrogens (primary N) is 1. The molecule has 2 N–H and O–H groups in total. The molecule has 6 nitrogen and oxygen atoms in total. The lowest BCUT2D eigenvalue weighted by Gasteiger charge is -2.08. The third kappa shape index (κ3) is 5.00. The van der Waals surface area contributed by atoms with Crippen LogP contribution in [0.25, 0.3) is 0 Å². The fraction of sp³-hybridized carbons (Fsp3) is 0.125. The van der Waals surface area contributed by atoms with Gasteiger partial charge in [0, 0.05) is 10.0 Å². The van der Waals surface area contributed by atoms with E-state index in [1.165, 1.54) is 7.11 Å². The summed E-state index contributed by atoms with van der Waals surface area (Å²) < 4.78 is 11.3. The van der Waals surface area contributed by atoms with Crippen molar-refractivity contribution in [1.82, 2.24) is 0 Å². The number of carbonyl (C=O) groups excluding carboxylic acids is 1. The Balaban J connectivity index is 1.91. The van der Waals surface area contributed by atoms with Crippen LogP contribution in [0.3, 0.4) is 0 Å². The second-order valence-corrected chi connectivity index (χ2v) is 5.31. The molecule has 23 heavy (non-hydrogen) atoms. The summed E-state index contributed by atoms with van der Waals surface area (Å²) in [4.78, 5) is 16.4. The van der Waals surface area contributed by atoms with E-state index in [1.54, 1.807) is 42.5 Å². The zero-order valence-electron chi connectivity index (χ0n) is 12.4. The molecule has 0 aliphatic carbocycles. The zero-order valence-corrected chi connectivity index (χ0v) is 13.9. The number of para-hydroxylation sites is 2. The van der Waals surface area contributed by atoms with Crippen molar-refractivity contribution in [3.05, 3.63) is 58.6 Å². The minimum absolute atomic E-state index is 0.0944. The third-order valence-electron chi connectivity index (χ3n) is 2.78. The number of hydrogen-bond donors (Lipinski definition) is 1. The molecular weight excluding hydrogens is 364 g/mol. The second-order valence-electron chi connectivity index (χ2n) is 4.39. The Morgan fingerprint density at radius 3 is 2.61 bits per heavy atom. The molecule has 0 aromatic heterocycles. The minimum atomic E-state index is -0.672. The van der Waals surface area contributed by atoms with Gasteiger partial charge in [-0.2, -0.15) is 0 Å². The van der Waals surface area contributed by atoms with E-state index in [4.69, 9.17) is 20.0 Å². The number of nitrogens with zero attached hydrogens (tertiary/aromatic N) is 1. The van der Waals surface area contributed by atoms with Gasteiger partial charge in [-0.3, -0.25) is 0 Å². The largest absolute Gasteiger partial charge is 0.493 e. The minimum Gasteiger partial charge on any atom is -0.493 e. The SMILES string of the molecule is COc1ccccc1OCC(=O)ON=C(N)c1cccc(Br)c1. The Hall–Kier alpha value is -2.54. The predicted molar refractivity (Wildman–Crippen MR) is 89.4 cm³/mol. The van der Waals surface area contributed by atoms with Crippen LogP contribution in [0.4, 0.5) is 0 Å². The van der Waals surface area contributed by atoms with Gasteiger partial charge in [-0.1, -0.05) is 45.4 Å². The molecule has 120 valence electrons. The lowest BCUT2D eigenvalue weighted by Crippen LogP contribution is -2.18. The first-order chi connectivity index (χ1) is 11.1. The number of carbonyl (C=O) groups is 1. The molecule has 7 heteroatoms. The maximum atomic E-state index is 11.7. The van der Waals surface area contributed by atoms with Gasteiger partial charge in [0.15, 0.2) is 23.9 Å². The summed E-state index contributed by atoms with van der Waals surface area (Å²) in [5.74, 6) is 0.388. The molecule has 0 spiro atoms. The Kier molecular flexibility index (Phi) is 5.99. The van der Waals surface area contributed by atoms with E-state index in [-0.39, 0.29) is 12.4 Å². The number of benzene rings is 2. The van der Waals surface area contributed by atoms with E-state index in [0.29, 0.717) is 17.1 Å². The topological polar surface area (TPSA) is 83.1 Å². The van der Waals surface area contributed by atoms with Gasteiger partial charge in [0.2, 0.25) is 0 Å². The Morgan fingerprint density at radius 2 is 1.91 bits per heavy atom. The number of methoxy groups -OCH3 is 1. The summed E-state index contributed by atoms with van der Waals surface area (Å²) in [6, 6.07) is 14.1. The van der Waals surface area contributed by atoms with Crippen molar-refractivity contribution in [3.8, 4) is 11.5 Å². The Bertz CT molecular complexity index is 719. The van der Waals surface area contributed by atoms with Crippen LogP contribution in [0.15, 0.2) is 58.2 Å². The molecule has 0 atom stereocenters. The summed E-state index contributed by atoms with van der Waals surface area (Å²) in [5, 5.41) is 3.60. The summed E-state index contributed by atoms with van der Waals surface area (Å²) >= 11 is 3.32. The van der Waals surface area contributed by atoms with Crippen molar-refractivity contribution in [2.45, 2.75) is 0 Å². The molecule has 2 rings (SSSR count). The number of amidine groups is 1. The molecule has 0 saturated carbocycles. The van der Waals surface area contributed by atoms with Crippen LogP contribution in [-0.2, 0) is 9.63 Å². The van der Waals surface area contributed by atoms with E-state index < -0.39 is 5.97 Å². The summed E-state index contributed by atoms with van der Waals surface area (Å²) in [6.07, 6.45) is 0. The van der Waals surface area contributed by atoms with Crippen LogP contribution in [0.2, 0.25) is 0 Å². The lowest BCUT2D eigenvalue weighted by atomic mass is 10.2. The van der Waals surface area contributed by atoms with E-state index in [0.717, 1.165) is 4.47 Å². The first-order valence-corrected chi connectivity index (χ1v) is 7.44. The standard InChI is InChI=1S/C16H15BrN2O4/c1-21-13-7-2-3-8-14(13)22-10-15(20)23-19-16(18)11-5-4-6-12(17)9-11/h2-9H,10H2,1H3,(H2,18,19). The second kappa shape index (κ2) is 8.19. The zero-order chi connectivity index (χ0) is 16.7. The van der Waals surface area contributed by atoms with E-state index >= 15 is 0 Å². The molecule has 0 unspecified atom stereocenters. The van der Waals surface area contributed by atoms with Crippen LogP contribution in [0.1, 0.15) is 5.56 Å². The van der Waals surface area contributed by atoms with Gasteiger partial charge >= 0.3 is 5.97 Å². The number of halogens is 1. The van der Waals surface area contributed by atoms with Crippen molar-refractivity contribution >= 4 is 27.7 Å². The number of rotatable bonds is 6. The molecule has 0 saturated heterocycles. The molecule has 0 amide bonds. The summed E-state index contributed by atoms with van der Waals surface area (Å²) in [5.41, 5.74) is 6.39. The third-order valence-corrected chi connectivity index (χ3v) is 3.27. The lowest BCUT2D eigenvalue weighted by molar-refractivity contribution is -0.146. The molecule has 2 aromatic rings. The maximum absolute atomic E-state index is 11.7. The maximum Gasteiger partial charge on any atom is 0.372 e.